The number of halogens is 2. The van der Waals surface area contributed by atoms with Crippen LogP contribution in [0.2, 0.25) is 0 Å². The Morgan fingerprint density at radius 2 is 1.69 bits per heavy atom. The highest BCUT2D eigenvalue weighted by molar-refractivity contribution is 4.94. The van der Waals surface area contributed by atoms with Gasteiger partial charge < -0.3 is 4.90 Å². The first kappa shape index (κ1) is 18.2. The zero-order valence-corrected chi connectivity index (χ0v) is 12.0. The van der Waals surface area contributed by atoms with E-state index in [1.165, 1.54) is 0 Å². The summed E-state index contributed by atoms with van der Waals surface area (Å²) in [5, 5.41) is 0. The SMILES string of the molecule is CC.CC.CC[C@]1(C)CC(C(F)F)CN1C. The summed E-state index contributed by atoms with van der Waals surface area (Å²) in [5.41, 5.74) is 0.00109. The highest BCUT2D eigenvalue weighted by Crippen LogP contribution is 2.36. The molecule has 3 heteroatoms. The molecule has 100 valence electrons. The largest absolute Gasteiger partial charge is 0.300 e. The first-order valence-electron chi connectivity index (χ1n) is 6.49. The summed E-state index contributed by atoms with van der Waals surface area (Å²) in [6.07, 6.45) is -0.564. The van der Waals surface area contributed by atoms with E-state index in [0.717, 1.165) is 6.42 Å². The fourth-order valence-electron chi connectivity index (χ4n) is 1.94. The van der Waals surface area contributed by atoms with Gasteiger partial charge in [0.25, 0.3) is 0 Å². The number of nitrogens with zero attached hydrogens (tertiary/aromatic N) is 1. The maximum absolute atomic E-state index is 12.4. The van der Waals surface area contributed by atoms with Crippen LogP contribution in [0, 0.1) is 5.92 Å². The van der Waals surface area contributed by atoms with Gasteiger partial charge in [-0.05, 0) is 26.8 Å². The van der Waals surface area contributed by atoms with Crippen LogP contribution in [0.4, 0.5) is 8.78 Å². The van der Waals surface area contributed by atoms with Crippen molar-refractivity contribution < 1.29 is 8.78 Å². The first-order valence-corrected chi connectivity index (χ1v) is 6.49. The lowest BCUT2D eigenvalue weighted by atomic mass is 9.92. The molecule has 0 N–H and O–H groups in total. The van der Waals surface area contributed by atoms with Crippen molar-refractivity contribution in [2.45, 2.75) is 66.3 Å². The van der Waals surface area contributed by atoms with Crippen LogP contribution in [0.1, 0.15) is 54.4 Å². The highest BCUT2D eigenvalue weighted by Gasteiger charge is 2.41. The summed E-state index contributed by atoms with van der Waals surface area (Å²) in [6, 6.07) is 0. The van der Waals surface area contributed by atoms with Gasteiger partial charge in [0.15, 0.2) is 0 Å². The second-order valence-corrected chi connectivity index (χ2v) is 4.03. The topological polar surface area (TPSA) is 3.24 Å². The fourth-order valence-corrected chi connectivity index (χ4v) is 1.94. The number of alkyl halides is 2. The number of likely N-dealkylation sites (tertiary alicyclic amines) is 1. The van der Waals surface area contributed by atoms with Crippen molar-refractivity contribution in [3.8, 4) is 0 Å². The molecule has 1 saturated heterocycles. The Hall–Kier alpha value is -0.180. The molecule has 0 bridgehead atoms. The van der Waals surface area contributed by atoms with Crippen LogP contribution >= 0.6 is 0 Å². The highest BCUT2D eigenvalue weighted by atomic mass is 19.3. The molecule has 0 aromatic rings. The molecule has 1 nitrogen and oxygen atoms in total. The van der Waals surface area contributed by atoms with Crippen molar-refractivity contribution in [1.82, 2.24) is 4.90 Å². The van der Waals surface area contributed by atoms with E-state index in [1.54, 1.807) is 0 Å². The van der Waals surface area contributed by atoms with Crippen molar-refractivity contribution in [2.75, 3.05) is 13.6 Å². The van der Waals surface area contributed by atoms with Crippen LogP contribution in [0.15, 0.2) is 0 Å². The molecule has 1 unspecified atom stereocenters. The molecule has 1 heterocycles. The second kappa shape index (κ2) is 8.91. The summed E-state index contributed by atoms with van der Waals surface area (Å²) in [7, 11) is 1.94. The van der Waals surface area contributed by atoms with Gasteiger partial charge in [-0.15, -0.1) is 0 Å². The summed E-state index contributed by atoms with van der Waals surface area (Å²) in [4.78, 5) is 2.06. The zero-order chi connectivity index (χ0) is 13.4. The monoisotopic (exact) mass is 237 g/mol. The molecule has 1 rings (SSSR count). The van der Waals surface area contributed by atoms with Gasteiger partial charge in [-0.25, -0.2) is 8.78 Å². The third kappa shape index (κ3) is 4.77. The Labute approximate surface area is 100 Å². The van der Waals surface area contributed by atoms with Gasteiger partial charge in [-0.1, -0.05) is 34.6 Å². The summed E-state index contributed by atoms with van der Waals surface area (Å²) < 4.78 is 24.7. The van der Waals surface area contributed by atoms with Gasteiger partial charge in [-0.2, -0.15) is 0 Å². The normalized spacial score (nSPS) is 29.2. The average molecular weight is 237 g/mol. The van der Waals surface area contributed by atoms with E-state index < -0.39 is 12.3 Å². The predicted octanol–water partition coefficient (Wildman–Crippen LogP) is 4.42. The van der Waals surface area contributed by atoms with Crippen LogP contribution in [0.3, 0.4) is 0 Å². The minimum atomic E-state index is -2.15. The van der Waals surface area contributed by atoms with E-state index in [-0.39, 0.29) is 5.54 Å². The van der Waals surface area contributed by atoms with Gasteiger partial charge in [0.05, 0.1) is 0 Å². The molecule has 0 aromatic heterocycles. The molecule has 0 aliphatic carbocycles. The average Bonchev–Trinajstić information content (AvgIpc) is 2.62. The van der Waals surface area contributed by atoms with Crippen LogP contribution < -0.4 is 0 Å². The van der Waals surface area contributed by atoms with Crippen LogP contribution in [-0.4, -0.2) is 30.5 Å². The Bertz CT molecular complexity index is 162. The van der Waals surface area contributed by atoms with Gasteiger partial charge in [0.2, 0.25) is 6.43 Å². The minimum Gasteiger partial charge on any atom is -0.300 e. The summed E-state index contributed by atoms with van der Waals surface area (Å²) in [6.45, 7) is 12.7. The Balaban J connectivity index is 0. The molecule has 0 amide bonds. The maximum atomic E-state index is 12.4. The molecule has 2 atom stereocenters. The van der Waals surface area contributed by atoms with Crippen molar-refractivity contribution in [2.24, 2.45) is 5.92 Å². The quantitative estimate of drug-likeness (QED) is 0.687. The molecule has 0 spiro atoms. The molecule has 0 saturated carbocycles. The van der Waals surface area contributed by atoms with Crippen LogP contribution in [0.25, 0.3) is 0 Å². The van der Waals surface area contributed by atoms with Crippen molar-refractivity contribution in [3.05, 3.63) is 0 Å². The molecule has 0 radical (unpaired) electrons. The van der Waals surface area contributed by atoms with E-state index in [9.17, 15) is 8.78 Å². The van der Waals surface area contributed by atoms with Gasteiger partial charge >= 0.3 is 0 Å². The molecular formula is C13H29F2N. The van der Waals surface area contributed by atoms with Crippen molar-refractivity contribution in [1.29, 1.82) is 0 Å². The third-order valence-corrected chi connectivity index (χ3v) is 3.25. The molecule has 16 heavy (non-hydrogen) atoms. The molecule has 0 aromatic carbocycles. The summed E-state index contributed by atoms with van der Waals surface area (Å²) in [5.74, 6) is -0.417. The minimum absolute atomic E-state index is 0.00109. The molecule has 1 aliphatic heterocycles. The van der Waals surface area contributed by atoms with Gasteiger partial charge in [0, 0.05) is 18.0 Å². The smallest absolute Gasteiger partial charge is 0.242 e. The molecule has 1 fully saturated rings. The summed E-state index contributed by atoms with van der Waals surface area (Å²) >= 11 is 0. The van der Waals surface area contributed by atoms with E-state index in [4.69, 9.17) is 0 Å². The van der Waals surface area contributed by atoms with Crippen LogP contribution in [-0.2, 0) is 0 Å². The van der Waals surface area contributed by atoms with Gasteiger partial charge in [0.1, 0.15) is 0 Å². The van der Waals surface area contributed by atoms with E-state index in [2.05, 4.69) is 18.7 Å². The number of hydrogen-bond acceptors (Lipinski definition) is 1. The molecule has 1 aliphatic rings. The standard InChI is InChI=1S/C9H17F2N.2C2H6/c1-4-9(2)5-7(8(10)11)6-12(9)3;2*1-2/h7-8H,4-6H2,1-3H3;2*1-2H3/t7?,9-;;/m1../s1. The van der Waals surface area contributed by atoms with E-state index in [0.29, 0.717) is 13.0 Å². The maximum Gasteiger partial charge on any atom is 0.242 e. The number of hydrogen-bond donors (Lipinski definition) is 0. The lowest BCUT2D eigenvalue weighted by molar-refractivity contribution is 0.0818. The van der Waals surface area contributed by atoms with Gasteiger partial charge in [-0.3, -0.25) is 0 Å². The van der Waals surface area contributed by atoms with Crippen molar-refractivity contribution >= 4 is 0 Å². The number of rotatable bonds is 2. The Morgan fingerprint density at radius 1 is 1.25 bits per heavy atom. The molecular weight excluding hydrogens is 208 g/mol. The Morgan fingerprint density at radius 3 is 1.88 bits per heavy atom. The zero-order valence-electron chi connectivity index (χ0n) is 12.0. The fraction of sp³-hybridized carbons (Fsp3) is 1.00. The lowest BCUT2D eigenvalue weighted by Crippen LogP contribution is -2.37. The lowest BCUT2D eigenvalue weighted by Gasteiger charge is -2.30. The van der Waals surface area contributed by atoms with E-state index >= 15 is 0 Å². The third-order valence-electron chi connectivity index (χ3n) is 3.25. The Kier molecular flexibility index (Phi) is 10.1. The predicted molar refractivity (Wildman–Crippen MR) is 68.1 cm³/mol. The second-order valence-electron chi connectivity index (χ2n) is 4.03. The first-order chi connectivity index (χ1) is 7.49. The van der Waals surface area contributed by atoms with Crippen molar-refractivity contribution in [3.63, 3.8) is 0 Å². The van der Waals surface area contributed by atoms with Crippen LogP contribution in [0.5, 0.6) is 0 Å². The van der Waals surface area contributed by atoms with E-state index in [1.807, 2.05) is 34.7 Å².